The molecule has 2 aromatic heterocycles. The summed E-state index contributed by atoms with van der Waals surface area (Å²) in [5, 5.41) is 10.2. The number of nitrogens with zero attached hydrogens (tertiary/aromatic N) is 2. The summed E-state index contributed by atoms with van der Waals surface area (Å²) >= 11 is 1.82. The lowest BCUT2D eigenvalue weighted by Gasteiger charge is -2.18. The van der Waals surface area contributed by atoms with Crippen LogP contribution in [0.3, 0.4) is 0 Å². The number of nitrogens with one attached hydrogen (secondary N) is 1. The zero-order valence-corrected chi connectivity index (χ0v) is 12.3. The van der Waals surface area contributed by atoms with Crippen molar-refractivity contribution in [3.8, 4) is 0 Å². The lowest BCUT2D eigenvalue weighted by molar-refractivity contribution is 0.547. The van der Waals surface area contributed by atoms with Crippen LogP contribution in [0.2, 0.25) is 0 Å². The molecule has 1 atom stereocenters. The summed E-state index contributed by atoms with van der Waals surface area (Å²) in [5.74, 6) is 0. The second-order valence-electron chi connectivity index (χ2n) is 4.60. The van der Waals surface area contributed by atoms with Crippen molar-refractivity contribution in [2.75, 3.05) is 6.54 Å². The van der Waals surface area contributed by atoms with Crippen molar-refractivity contribution in [3.05, 3.63) is 39.3 Å². The maximum Gasteiger partial charge on any atom is 0.0644 e. The average Bonchev–Trinajstić information content (AvgIpc) is 2.89. The van der Waals surface area contributed by atoms with E-state index in [1.165, 1.54) is 16.1 Å². The molecule has 0 aromatic carbocycles. The Kier molecular flexibility index (Phi) is 4.19. The van der Waals surface area contributed by atoms with Crippen molar-refractivity contribution < 1.29 is 0 Å². The van der Waals surface area contributed by atoms with Crippen LogP contribution in [0, 0.1) is 13.8 Å². The third kappa shape index (κ3) is 2.65. The van der Waals surface area contributed by atoms with Crippen molar-refractivity contribution >= 4 is 11.3 Å². The molecule has 0 saturated heterocycles. The molecule has 1 N–H and O–H groups in total. The highest BCUT2D eigenvalue weighted by molar-refractivity contribution is 7.09. The molecule has 3 nitrogen and oxygen atoms in total. The molecule has 2 rings (SSSR count). The van der Waals surface area contributed by atoms with Crippen molar-refractivity contribution in [2.24, 2.45) is 7.05 Å². The highest BCUT2D eigenvalue weighted by Crippen LogP contribution is 2.26. The van der Waals surface area contributed by atoms with Gasteiger partial charge in [0.2, 0.25) is 0 Å². The predicted octanol–water partition coefficient (Wildman–Crippen LogP) is 2.99. The molecule has 1 unspecified atom stereocenters. The van der Waals surface area contributed by atoms with Gasteiger partial charge in [-0.1, -0.05) is 13.0 Å². The minimum absolute atomic E-state index is 0.363. The van der Waals surface area contributed by atoms with Gasteiger partial charge in [-0.3, -0.25) is 4.68 Å². The fourth-order valence-corrected chi connectivity index (χ4v) is 3.20. The highest BCUT2D eigenvalue weighted by Gasteiger charge is 2.20. The van der Waals surface area contributed by atoms with E-state index in [4.69, 9.17) is 0 Å². The molecular formula is C14H21N3S. The molecule has 2 heterocycles. The van der Waals surface area contributed by atoms with E-state index in [0.717, 1.165) is 18.7 Å². The Hall–Kier alpha value is -1.13. The van der Waals surface area contributed by atoms with Crippen LogP contribution in [0.15, 0.2) is 17.5 Å². The molecule has 0 amide bonds. The number of aryl methyl sites for hydroxylation is 2. The fraction of sp³-hybridized carbons (Fsp3) is 0.500. The van der Waals surface area contributed by atoms with Crippen molar-refractivity contribution in [3.63, 3.8) is 0 Å². The minimum Gasteiger partial charge on any atom is -0.310 e. The first-order chi connectivity index (χ1) is 8.63. The summed E-state index contributed by atoms with van der Waals surface area (Å²) in [5.41, 5.74) is 3.75. The maximum absolute atomic E-state index is 4.52. The van der Waals surface area contributed by atoms with E-state index in [1.54, 1.807) is 0 Å². The van der Waals surface area contributed by atoms with Crippen molar-refractivity contribution in [1.29, 1.82) is 0 Å². The van der Waals surface area contributed by atoms with Gasteiger partial charge in [0.1, 0.15) is 0 Å². The van der Waals surface area contributed by atoms with Gasteiger partial charge in [-0.05, 0) is 31.8 Å². The molecule has 2 aromatic rings. The Bertz CT molecular complexity index is 499. The van der Waals surface area contributed by atoms with Crippen LogP contribution >= 0.6 is 11.3 Å². The van der Waals surface area contributed by atoms with Gasteiger partial charge in [0.25, 0.3) is 0 Å². The normalized spacial score (nSPS) is 12.9. The molecule has 0 aliphatic rings. The first-order valence-corrected chi connectivity index (χ1v) is 7.27. The van der Waals surface area contributed by atoms with Crippen LogP contribution in [0.4, 0.5) is 0 Å². The molecule has 0 aliphatic heterocycles. The molecule has 0 aliphatic carbocycles. The monoisotopic (exact) mass is 263 g/mol. The van der Waals surface area contributed by atoms with E-state index >= 15 is 0 Å². The van der Waals surface area contributed by atoms with Crippen LogP contribution in [0.5, 0.6) is 0 Å². The van der Waals surface area contributed by atoms with Gasteiger partial charge in [0.15, 0.2) is 0 Å². The Morgan fingerprint density at radius 3 is 2.72 bits per heavy atom. The predicted molar refractivity (Wildman–Crippen MR) is 77.1 cm³/mol. The number of likely N-dealkylation sites (N-methyl/N-ethyl adjacent to an activating group) is 1. The van der Waals surface area contributed by atoms with Crippen LogP contribution in [0.1, 0.15) is 34.8 Å². The van der Waals surface area contributed by atoms with Gasteiger partial charge >= 0.3 is 0 Å². The van der Waals surface area contributed by atoms with E-state index in [-0.39, 0.29) is 0 Å². The summed E-state index contributed by atoms with van der Waals surface area (Å²) in [4.78, 5) is 1.42. The lowest BCUT2D eigenvalue weighted by Crippen LogP contribution is -2.23. The average molecular weight is 263 g/mol. The number of hydrogen-bond donors (Lipinski definition) is 1. The van der Waals surface area contributed by atoms with Crippen LogP contribution in [0.25, 0.3) is 0 Å². The standard InChI is InChI=1S/C14H21N3S/c1-5-15-13(9-12-7-6-8-18-12)14-10(2)16-17(4)11(14)3/h6-8,13,15H,5,9H2,1-4H3. The van der Waals surface area contributed by atoms with Crippen LogP contribution in [-0.4, -0.2) is 16.3 Å². The molecular weight excluding hydrogens is 242 g/mol. The minimum atomic E-state index is 0.363. The van der Waals surface area contributed by atoms with Crippen LogP contribution < -0.4 is 5.32 Å². The SMILES string of the molecule is CCNC(Cc1cccs1)c1c(C)nn(C)c1C. The lowest BCUT2D eigenvalue weighted by atomic mass is 10.0. The van der Waals surface area contributed by atoms with Crippen LogP contribution in [-0.2, 0) is 13.5 Å². The first kappa shape index (κ1) is 13.3. The molecule has 0 fully saturated rings. The van der Waals surface area contributed by atoms with E-state index in [0.29, 0.717) is 6.04 Å². The highest BCUT2D eigenvalue weighted by atomic mass is 32.1. The van der Waals surface area contributed by atoms with Gasteiger partial charge in [0.05, 0.1) is 5.69 Å². The van der Waals surface area contributed by atoms with Gasteiger partial charge < -0.3 is 5.32 Å². The Morgan fingerprint density at radius 2 is 2.22 bits per heavy atom. The Labute approximate surface area is 113 Å². The summed E-state index contributed by atoms with van der Waals surface area (Å²) < 4.78 is 1.98. The number of hydrogen-bond acceptors (Lipinski definition) is 3. The summed E-state index contributed by atoms with van der Waals surface area (Å²) in [6.07, 6.45) is 1.04. The molecule has 4 heteroatoms. The zero-order valence-electron chi connectivity index (χ0n) is 11.5. The van der Waals surface area contributed by atoms with E-state index in [9.17, 15) is 0 Å². The van der Waals surface area contributed by atoms with Gasteiger partial charge in [0, 0.05) is 35.6 Å². The van der Waals surface area contributed by atoms with Gasteiger partial charge in [-0.25, -0.2) is 0 Å². The third-order valence-corrected chi connectivity index (χ3v) is 4.25. The first-order valence-electron chi connectivity index (χ1n) is 6.39. The quantitative estimate of drug-likeness (QED) is 0.898. The maximum atomic E-state index is 4.52. The molecule has 0 bridgehead atoms. The fourth-order valence-electron chi connectivity index (χ4n) is 2.45. The smallest absolute Gasteiger partial charge is 0.0644 e. The van der Waals surface area contributed by atoms with E-state index in [2.05, 4.69) is 48.7 Å². The Balaban J connectivity index is 2.29. The van der Waals surface area contributed by atoms with E-state index in [1.807, 2.05) is 23.1 Å². The number of aromatic nitrogens is 2. The molecule has 0 saturated carbocycles. The molecule has 0 spiro atoms. The summed E-state index contributed by atoms with van der Waals surface area (Å²) in [7, 11) is 2.01. The second kappa shape index (κ2) is 5.67. The van der Waals surface area contributed by atoms with Crippen molar-refractivity contribution in [2.45, 2.75) is 33.2 Å². The molecule has 0 radical (unpaired) electrons. The largest absolute Gasteiger partial charge is 0.310 e. The summed E-state index contributed by atoms with van der Waals surface area (Å²) in [6, 6.07) is 4.68. The van der Waals surface area contributed by atoms with E-state index < -0.39 is 0 Å². The van der Waals surface area contributed by atoms with Gasteiger partial charge in [-0.2, -0.15) is 5.10 Å². The molecule has 18 heavy (non-hydrogen) atoms. The zero-order chi connectivity index (χ0) is 13.1. The Morgan fingerprint density at radius 1 is 1.44 bits per heavy atom. The topological polar surface area (TPSA) is 29.9 Å². The third-order valence-electron chi connectivity index (χ3n) is 3.35. The molecule has 98 valence electrons. The summed E-state index contributed by atoms with van der Waals surface area (Å²) in [6.45, 7) is 7.38. The number of thiophene rings is 1. The number of rotatable bonds is 5. The second-order valence-corrected chi connectivity index (χ2v) is 5.63. The van der Waals surface area contributed by atoms with Crippen molar-refractivity contribution in [1.82, 2.24) is 15.1 Å². The van der Waals surface area contributed by atoms with Gasteiger partial charge in [-0.15, -0.1) is 11.3 Å².